The van der Waals surface area contributed by atoms with Crippen molar-refractivity contribution in [1.82, 2.24) is 4.90 Å². The molecule has 0 spiro atoms. The largest absolute Gasteiger partial charge is 0.486 e. The van der Waals surface area contributed by atoms with E-state index in [0.29, 0.717) is 13.2 Å². The van der Waals surface area contributed by atoms with Crippen LogP contribution in [0.1, 0.15) is 31.4 Å². The minimum Gasteiger partial charge on any atom is -0.486 e. The average molecular weight is 276 g/mol. The normalized spacial score (nSPS) is 22.7. The van der Waals surface area contributed by atoms with E-state index in [1.54, 1.807) is 6.92 Å². The van der Waals surface area contributed by atoms with E-state index in [1.165, 1.54) is 0 Å². The number of carbonyl (C=O) groups excluding carboxylic acids is 1. The average Bonchev–Trinajstić information content (AvgIpc) is 2.95. The molecule has 2 atom stereocenters. The summed E-state index contributed by atoms with van der Waals surface area (Å²) in [6, 6.07) is 5.59. The molecule has 0 aliphatic carbocycles. The van der Waals surface area contributed by atoms with Gasteiger partial charge >= 0.3 is 0 Å². The van der Waals surface area contributed by atoms with Crippen LogP contribution in [0, 0.1) is 0 Å². The van der Waals surface area contributed by atoms with Gasteiger partial charge in [0.25, 0.3) is 0 Å². The van der Waals surface area contributed by atoms with E-state index in [2.05, 4.69) is 0 Å². The first-order valence-electron chi connectivity index (χ1n) is 7.12. The number of likely N-dealkylation sites (tertiary alicyclic amines) is 1. The van der Waals surface area contributed by atoms with Crippen molar-refractivity contribution in [2.45, 2.75) is 31.8 Å². The number of rotatable bonds is 2. The van der Waals surface area contributed by atoms with Crippen LogP contribution in [0.25, 0.3) is 0 Å². The number of fused-ring (bicyclic) bond motifs is 1. The number of carbonyl (C=O) groups is 1. The SMILES string of the molecule is CC(N)C(=O)N1CCCC1c1ccc2c(c1)OCCO2. The molecule has 1 aromatic rings. The first kappa shape index (κ1) is 13.2. The van der Waals surface area contributed by atoms with Gasteiger partial charge in [0.2, 0.25) is 5.91 Å². The van der Waals surface area contributed by atoms with Crippen LogP contribution in [0.3, 0.4) is 0 Å². The molecule has 0 bridgehead atoms. The van der Waals surface area contributed by atoms with E-state index < -0.39 is 6.04 Å². The Morgan fingerprint density at radius 1 is 1.35 bits per heavy atom. The van der Waals surface area contributed by atoms with E-state index in [-0.39, 0.29) is 11.9 Å². The van der Waals surface area contributed by atoms with Crippen LogP contribution in [-0.2, 0) is 4.79 Å². The van der Waals surface area contributed by atoms with Gasteiger partial charge in [-0.25, -0.2) is 0 Å². The zero-order chi connectivity index (χ0) is 14.1. The van der Waals surface area contributed by atoms with Gasteiger partial charge < -0.3 is 20.1 Å². The molecule has 0 aromatic heterocycles. The van der Waals surface area contributed by atoms with Crippen molar-refractivity contribution in [3.05, 3.63) is 23.8 Å². The molecule has 0 radical (unpaired) electrons. The molecule has 2 aliphatic rings. The van der Waals surface area contributed by atoms with E-state index >= 15 is 0 Å². The fourth-order valence-electron chi connectivity index (χ4n) is 2.91. The fraction of sp³-hybridized carbons (Fsp3) is 0.533. The number of hydrogen-bond donors (Lipinski definition) is 1. The van der Waals surface area contributed by atoms with Gasteiger partial charge in [-0.2, -0.15) is 0 Å². The Hall–Kier alpha value is -1.75. The highest BCUT2D eigenvalue weighted by molar-refractivity contribution is 5.82. The maximum absolute atomic E-state index is 12.2. The maximum Gasteiger partial charge on any atom is 0.239 e. The first-order valence-corrected chi connectivity index (χ1v) is 7.12. The van der Waals surface area contributed by atoms with Crippen molar-refractivity contribution in [2.24, 2.45) is 5.73 Å². The number of benzene rings is 1. The number of nitrogens with zero attached hydrogens (tertiary/aromatic N) is 1. The van der Waals surface area contributed by atoms with E-state index in [9.17, 15) is 4.79 Å². The number of ether oxygens (including phenoxy) is 2. The molecule has 0 saturated carbocycles. The van der Waals surface area contributed by atoms with Gasteiger partial charge in [-0.1, -0.05) is 6.07 Å². The lowest BCUT2D eigenvalue weighted by molar-refractivity contribution is -0.133. The highest BCUT2D eigenvalue weighted by Crippen LogP contribution is 2.38. The van der Waals surface area contributed by atoms with Crippen LogP contribution in [0.15, 0.2) is 18.2 Å². The molecular formula is C15H20N2O3. The van der Waals surface area contributed by atoms with Crippen LogP contribution >= 0.6 is 0 Å². The van der Waals surface area contributed by atoms with Crippen LogP contribution < -0.4 is 15.2 Å². The Kier molecular flexibility index (Phi) is 3.53. The zero-order valence-electron chi connectivity index (χ0n) is 11.7. The van der Waals surface area contributed by atoms with Crippen LogP contribution in [0.2, 0.25) is 0 Å². The van der Waals surface area contributed by atoms with Gasteiger partial charge in [-0.15, -0.1) is 0 Å². The molecule has 2 N–H and O–H groups in total. The summed E-state index contributed by atoms with van der Waals surface area (Å²) < 4.78 is 11.1. The smallest absolute Gasteiger partial charge is 0.239 e. The Bertz CT molecular complexity index is 516. The third kappa shape index (κ3) is 2.33. The Balaban J connectivity index is 1.86. The Morgan fingerprint density at radius 2 is 2.10 bits per heavy atom. The van der Waals surface area contributed by atoms with Gasteiger partial charge in [0, 0.05) is 6.54 Å². The molecule has 3 rings (SSSR count). The predicted molar refractivity (Wildman–Crippen MR) is 74.8 cm³/mol. The second kappa shape index (κ2) is 5.32. The van der Waals surface area contributed by atoms with Gasteiger partial charge in [-0.3, -0.25) is 4.79 Å². The molecular weight excluding hydrogens is 256 g/mol. The van der Waals surface area contributed by atoms with Crippen molar-refractivity contribution in [3.8, 4) is 11.5 Å². The van der Waals surface area contributed by atoms with Gasteiger partial charge in [0.05, 0.1) is 12.1 Å². The molecule has 2 heterocycles. The van der Waals surface area contributed by atoms with E-state index in [4.69, 9.17) is 15.2 Å². The highest BCUT2D eigenvalue weighted by atomic mass is 16.6. The summed E-state index contributed by atoms with van der Waals surface area (Å²) in [5.74, 6) is 1.57. The van der Waals surface area contributed by atoms with Crippen molar-refractivity contribution >= 4 is 5.91 Å². The third-order valence-electron chi connectivity index (χ3n) is 3.88. The maximum atomic E-state index is 12.2. The van der Waals surface area contributed by atoms with Gasteiger partial charge in [0.15, 0.2) is 11.5 Å². The summed E-state index contributed by atoms with van der Waals surface area (Å²) in [6.07, 6.45) is 1.98. The van der Waals surface area contributed by atoms with Gasteiger partial charge in [0.1, 0.15) is 13.2 Å². The number of hydrogen-bond acceptors (Lipinski definition) is 4. The second-order valence-electron chi connectivity index (χ2n) is 5.38. The second-order valence-corrected chi connectivity index (χ2v) is 5.38. The quantitative estimate of drug-likeness (QED) is 0.888. The van der Waals surface area contributed by atoms with Crippen molar-refractivity contribution in [3.63, 3.8) is 0 Å². The minimum atomic E-state index is -0.451. The van der Waals surface area contributed by atoms with Crippen molar-refractivity contribution in [2.75, 3.05) is 19.8 Å². The highest BCUT2D eigenvalue weighted by Gasteiger charge is 2.32. The predicted octanol–water partition coefficient (Wildman–Crippen LogP) is 1.47. The lowest BCUT2D eigenvalue weighted by Gasteiger charge is -2.28. The first-order chi connectivity index (χ1) is 9.66. The lowest BCUT2D eigenvalue weighted by Crippen LogP contribution is -2.41. The lowest BCUT2D eigenvalue weighted by atomic mass is 10.0. The summed E-state index contributed by atoms with van der Waals surface area (Å²) in [6.45, 7) is 3.68. The molecule has 1 fully saturated rings. The van der Waals surface area contributed by atoms with Crippen molar-refractivity contribution in [1.29, 1.82) is 0 Å². The molecule has 1 saturated heterocycles. The molecule has 1 amide bonds. The molecule has 5 heteroatoms. The van der Waals surface area contributed by atoms with Gasteiger partial charge in [-0.05, 0) is 37.5 Å². The Labute approximate surface area is 118 Å². The third-order valence-corrected chi connectivity index (χ3v) is 3.88. The summed E-state index contributed by atoms with van der Waals surface area (Å²) in [7, 11) is 0. The standard InChI is InChI=1S/C15H20N2O3/c1-10(16)15(18)17-6-2-3-12(17)11-4-5-13-14(9-11)20-8-7-19-13/h4-5,9-10,12H,2-3,6-8,16H2,1H3. The number of nitrogens with two attached hydrogens (primary N) is 1. The van der Waals surface area contributed by atoms with Crippen LogP contribution in [-0.4, -0.2) is 36.6 Å². The minimum absolute atomic E-state index is 0.0161. The number of amides is 1. The summed E-state index contributed by atoms with van der Waals surface area (Å²) in [5.41, 5.74) is 6.83. The zero-order valence-corrected chi connectivity index (χ0v) is 11.7. The van der Waals surface area contributed by atoms with E-state index in [0.717, 1.165) is 36.4 Å². The van der Waals surface area contributed by atoms with Crippen LogP contribution in [0.4, 0.5) is 0 Å². The molecule has 20 heavy (non-hydrogen) atoms. The molecule has 2 aliphatic heterocycles. The molecule has 108 valence electrons. The Morgan fingerprint density at radius 3 is 2.85 bits per heavy atom. The summed E-state index contributed by atoms with van der Waals surface area (Å²) in [5, 5.41) is 0. The van der Waals surface area contributed by atoms with Crippen LogP contribution in [0.5, 0.6) is 11.5 Å². The topological polar surface area (TPSA) is 64.8 Å². The summed E-state index contributed by atoms with van der Waals surface area (Å²) >= 11 is 0. The summed E-state index contributed by atoms with van der Waals surface area (Å²) in [4.78, 5) is 14.0. The van der Waals surface area contributed by atoms with Crippen molar-refractivity contribution < 1.29 is 14.3 Å². The van der Waals surface area contributed by atoms with E-state index in [1.807, 2.05) is 23.1 Å². The monoisotopic (exact) mass is 276 g/mol. The molecule has 5 nitrogen and oxygen atoms in total. The molecule has 1 aromatic carbocycles. The fourth-order valence-corrected chi connectivity index (χ4v) is 2.91. The molecule has 2 unspecified atom stereocenters.